The van der Waals surface area contributed by atoms with Crippen molar-refractivity contribution in [3.05, 3.63) is 65.2 Å². The number of rotatable bonds is 9. The second-order valence-corrected chi connectivity index (χ2v) is 7.91. The van der Waals surface area contributed by atoms with E-state index in [0.29, 0.717) is 33.9 Å². The van der Waals surface area contributed by atoms with Crippen LogP contribution in [-0.4, -0.2) is 52.1 Å². The number of aromatic nitrogens is 4. The lowest BCUT2D eigenvalue weighted by atomic mass is 10.2. The fourth-order valence-electron chi connectivity index (χ4n) is 3.21. The zero-order valence-electron chi connectivity index (χ0n) is 19.0. The van der Waals surface area contributed by atoms with Gasteiger partial charge in [-0.25, -0.2) is 0 Å². The van der Waals surface area contributed by atoms with Crippen molar-refractivity contribution < 1.29 is 19.0 Å². The Kier molecular flexibility index (Phi) is 7.12. The van der Waals surface area contributed by atoms with Crippen LogP contribution in [0.25, 0.3) is 17.0 Å². The highest BCUT2D eigenvalue weighted by atomic mass is 35.5. The molecule has 4 aromatic rings. The average molecular weight is 482 g/mol. The van der Waals surface area contributed by atoms with E-state index in [4.69, 9.17) is 25.8 Å². The molecule has 1 unspecified atom stereocenters. The molecule has 4 rings (SSSR count). The van der Waals surface area contributed by atoms with Gasteiger partial charge < -0.3 is 19.5 Å². The van der Waals surface area contributed by atoms with Gasteiger partial charge in [-0.3, -0.25) is 4.79 Å². The predicted molar refractivity (Wildman–Crippen MR) is 128 cm³/mol. The van der Waals surface area contributed by atoms with Crippen LogP contribution in [0.15, 0.2) is 54.6 Å². The molecule has 1 atom stereocenters. The fraction of sp³-hybridized carbons (Fsp3) is 0.250. The molecule has 2 heterocycles. The largest absolute Gasteiger partial charge is 0.497 e. The molecule has 2 aromatic carbocycles. The van der Waals surface area contributed by atoms with Gasteiger partial charge in [0.2, 0.25) is 5.88 Å². The summed E-state index contributed by atoms with van der Waals surface area (Å²) in [6.07, 6.45) is -0.669. The molecule has 0 aliphatic rings. The van der Waals surface area contributed by atoms with Crippen molar-refractivity contribution in [1.29, 1.82) is 0 Å². The summed E-state index contributed by atoms with van der Waals surface area (Å²) in [5.41, 5.74) is 2.28. The number of nitrogens with one attached hydrogen (secondary N) is 1. The van der Waals surface area contributed by atoms with E-state index in [1.807, 2.05) is 31.2 Å². The fourth-order valence-corrected chi connectivity index (χ4v) is 3.33. The highest BCUT2D eigenvalue weighted by Gasteiger charge is 2.15. The number of amides is 1. The van der Waals surface area contributed by atoms with E-state index in [-0.39, 0.29) is 19.1 Å². The molecule has 0 bridgehead atoms. The number of nitrogens with zero attached hydrogens (tertiary/aromatic N) is 4. The second-order valence-electron chi connectivity index (χ2n) is 7.51. The Balaban J connectivity index is 1.32. The molecule has 176 valence electrons. The molecule has 0 radical (unpaired) electrons. The Morgan fingerprint density at radius 2 is 1.97 bits per heavy atom. The second kappa shape index (κ2) is 10.4. The molecule has 1 N–H and O–H groups in total. The van der Waals surface area contributed by atoms with E-state index < -0.39 is 6.10 Å². The number of methoxy groups -OCH3 is 1. The summed E-state index contributed by atoms with van der Waals surface area (Å²) in [6.45, 7) is 4.08. The van der Waals surface area contributed by atoms with Crippen molar-refractivity contribution in [3.63, 3.8) is 0 Å². The SMILES string of the molecule is COc1cccc(-c2nnc3ccc(OCCNC(=O)C(C)Oc4ccc(Cl)c(C)c4)nn23)c1. The van der Waals surface area contributed by atoms with Gasteiger partial charge in [-0.2, -0.15) is 4.52 Å². The number of carbonyl (C=O) groups is 1. The third kappa shape index (κ3) is 5.37. The number of benzene rings is 2. The third-order valence-electron chi connectivity index (χ3n) is 5.03. The minimum atomic E-state index is -0.669. The molecule has 0 fully saturated rings. The number of aryl methyl sites for hydroxylation is 1. The molecule has 0 aliphatic carbocycles. The van der Waals surface area contributed by atoms with Crippen molar-refractivity contribution in [2.24, 2.45) is 0 Å². The van der Waals surface area contributed by atoms with Gasteiger partial charge in [-0.15, -0.1) is 15.3 Å². The zero-order valence-corrected chi connectivity index (χ0v) is 19.7. The first-order valence-corrected chi connectivity index (χ1v) is 11.0. The van der Waals surface area contributed by atoms with Crippen LogP contribution < -0.4 is 19.5 Å². The van der Waals surface area contributed by atoms with Crippen molar-refractivity contribution >= 4 is 23.2 Å². The van der Waals surface area contributed by atoms with Crippen LogP contribution in [0.1, 0.15) is 12.5 Å². The average Bonchev–Trinajstić information content (AvgIpc) is 3.27. The van der Waals surface area contributed by atoms with Crippen LogP contribution in [0.2, 0.25) is 5.02 Å². The molecule has 0 saturated carbocycles. The summed E-state index contributed by atoms with van der Waals surface area (Å²) in [5, 5.41) is 16.3. The smallest absolute Gasteiger partial charge is 0.260 e. The van der Waals surface area contributed by atoms with E-state index in [9.17, 15) is 4.79 Å². The van der Waals surface area contributed by atoms with E-state index in [1.165, 1.54) is 0 Å². The van der Waals surface area contributed by atoms with E-state index in [0.717, 1.165) is 11.1 Å². The highest BCUT2D eigenvalue weighted by Crippen LogP contribution is 2.23. The summed E-state index contributed by atoms with van der Waals surface area (Å²) in [4.78, 5) is 12.3. The van der Waals surface area contributed by atoms with Crippen molar-refractivity contribution in [2.75, 3.05) is 20.3 Å². The van der Waals surface area contributed by atoms with Gasteiger partial charge >= 0.3 is 0 Å². The van der Waals surface area contributed by atoms with Crippen molar-refractivity contribution in [1.82, 2.24) is 25.1 Å². The molecule has 9 nitrogen and oxygen atoms in total. The first kappa shape index (κ1) is 23.3. The maximum atomic E-state index is 12.3. The number of ether oxygens (including phenoxy) is 3. The summed E-state index contributed by atoms with van der Waals surface area (Å²) >= 11 is 6.03. The van der Waals surface area contributed by atoms with E-state index in [1.54, 1.807) is 48.9 Å². The zero-order chi connectivity index (χ0) is 24.1. The number of hydrogen-bond donors (Lipinski definition) is 1. The summed E-state index contributed by atoms with van der Waals surface area (Å²) in [5.74, 6) is 1.99. The van der Waals surface area contributed by atoms with Gasteiger partial charge in [-0.1, -0.05) is 23.7 Å². The monoisotopic (exact) mass is 481 g/mol. The van der Waals surface area contributed by atoms with Crippen LogP contribution in [0.5, 0.6) is 17.4 Å². The standard InChI is InChI=1S/C24H24ClN5O4/c1-15-13-19(7-8-20(15)25)34-16(2)24(31)26-11-12-33-22-10-9-21-27-28-23(30(21)29-22)17-5-4-6-18(14-17)32-3/h4-10,13-14,16H,11-12H2,1-3H3,(H,26,31). The Morgan fingerprint density at radius 1 is 1.12 bits per heavy atom. The van der Waals surface area contributed by atoms with Crippen LogP contribution >= 0.6 is 11.6 Å². The number of carbonyl (C=O) groups excluding carboxylic acids is 1. The highest BCUT2D eigenvalue weighted by molar-refractivity contribution is 6.31. The molecule has 10 heteroatoms. The normalized spacial score (nSPS) is 11.8. The molecular formula is C24H24ClN5O4. The van der Waals surface area contributed by atoms with Gasteiger partial charge in [0.15, 0.2) is 17.6 Å². The Hall–Kier alpha value is -3.85. The molecular weight excluding hydrogens is 458 g/mol. The summed E-state index contributed by atoms with van der Waals surface area (Å²) in [6, 6.07) is 16.2. The van der Waals surface area contributed by atoms with Crippen LogP contribution in [-0.2, 0) is 4.79 Å². The van der Waals surface area contributed by atoms with Gasteiger partial charge in [0.05, 0.1) is 13.7 Å². The summed E-state index contributed by atoms with van der Waals surface area (Å²) < 4.78 is 18.3. The van der Waals surface area contributed by atoms with Crippen molar-refractivity contribution in [2.45, 2.75) is 20.0 Å². The lowest BCUT2D eigenvalue weighted by molar-refractivity contribution is -0.127. The van der Waals surface area contributed by atoms with Gasteiger partial charge in [-0.05, 0) is 55.8 Å². The quantitative estimate of drug-likeness (QED) is 0.363. The molecule has 0 aliphatic heterocycles. The van der Waals surface area contributed by atoms with Crippen LogP contribution in [0.4, 0.5) is 0 Å². The molecule has 1 amide bonds. The van der Waals surface area contributed by atoms with E-state index in [2.05, 4.69) is 20.6 Å². The number of fused-ring (bicyclic) bond motifs is 1. The molecule has 2 aromatic heterocycles. The molecule has 0 spiro atoms. The topological polar surface area (TPSA) is 99.9 Å². The first-order chi connectivity index (χ1) is 16.4. The predicted octanol–water partition coefficient (Wildman–Crippen LogP) is 3.72. The van der Waals surface area contributed by atoms with E-state index >= 15 is 0 Å². The Morgan fingerprint density at radius 3 is 2.76 bits per heavy atom. The van der Waals surface area contributed by atoms with Gasteiger partial charge in [0, 0.05) is 16.7 Å². The lowest BCUT2D eigenvalue weighted by Gasteiger charge is -2.15. The number of halogens is 1. The number of hydrogen-bond acceptors (Lipinski definition) is 7. The van der Waals surface area contributed by atoms with Crippen LogP contribution in [0.3, 0.4) is 0 Å². The maximum Gasteiger partial charge on any atom is 0.260 e. The third-order valence-corrected chi connectivity index (χ3v) is 5.45. The van der Waals surface area contributed by atoms with Gasteiger partial charge in [0.25, 0.3) is 5.91 Å². The Bertz CT molecular complexity index is 1310. The molecule has 34 heavy (non-hydrogen) atoms. The minimum Gasteiger partial charge on any atom is -0.497 e. The minimum absolute atomic E-state index is 0.230. The summed E-state index contributed by atoms with van der Waals surface area (Å²) in [7, 11) is 1.61. The molecule has 0 saturated heterocycles. The maximum absolute atomic E-state index is 12.3. The lowest BCUT2D eigenvalue weighted by Crippen LogP contribution is -2.38. The van der Waals surface area contributed by atoms with Crippen LogP contribution in [0, 0.1) is 6.92 Å². The Labute approximate surface area is 201 Å². The first-order valence-electron chi connectivity index (χ1n) is 10.6. The van der Waals surface area contributed by atoms with Crippen molar-refractivity contribution in [3.8, 4) is 28.8 Å². The van der Waals surface area contributed by atoms with Gasteiger partial charge in [0.1, 0.15) is 18.1 Å².